The Labute approximate surface area is 465 Å². The fraction of sp³-hybridized carbons (Fsp3) is 0.237. The first kappa shape index (κ1) is 50.9. The van der Waals surface area contributed by atoms with E-state index in [0.717, 1.165) is 77.0 Å². The fourth-order valence-corrected chi connectivity index (χ4v) is 13.4. The maximum atomic E-state index is 4.41. The van der Waals surface area contributed by atoms with Gasteiger partial charge in [-0.2, -0.15) is 0 Å². The molecule has 2 nitrogen and oxygen atoms in total. The maximum absolute atomic E-state index is 4.41. The zero-order valence-corrected chi connectivity index (χ0v) is 45.4. The van der Waals surface area contributed by atoms with Crippen LogP contribution in [-0.2, 0) is 6.42 Å². The largest absolute Gasteiger partial charge is 0.338 e. The summed E-state index contributed by atoms with van der Waals surface area (Å²) in [6.07, 6.45) is 85.2. The van der Waals surface area contributed by atoms with Crippen molar-refractivity contribution in [3.05, 3.63) is 316 Å². The van der Waals surface area contributed by atoms with Crippen molar-refractivity contribution in [2.24, 2.45) is 5.92 Å². The summed E-state index contributed by atoms with van der Waals surface area (Å²) >= 11 is 0. The van der Waals surface area contributed by atoms with Gasteiger partial charge in [-0.05, 0) is 192 Å². The zero-order valence-electron chi connectivity index (χ0n) is 45.4. The molecule has 9 aliphatic carbocycles. The van der Waals surface area contributed by atoms with Gasteiger partial charge in [0.2, 0.25) is 0 Å². The normalized spacial score (nSPS) is 28.5. The average molecular weight is 1020 g/mol. The molecule has 0 fully saturated rings. The molecule has 0 amide bonds. The zero-order chi connectivity index (χ0) is 52.6. The van der Waals surface area contributed by atoms with Crippen LogP contribution in [0.5, 0.6) is 0 Å². The molecule has 0 saturated carbocycles. The van der Waals surface area contributed by atoms with Crippen LogP contribution in [0.25, 0.3) is 28.5 Å². The summed E-state index contributed by atoms with van der Waals surface area (Å²) in [7, 11) is 0. The quantitative estimate of drug-likeness (QED) is 0.167. The van der Waals surface area contributed by atoms with Gasteiger partial charge in [-0.3, -0.25) is 0 Å². The van der Waals surface area contributed by atoms with Gasteiger partial charge in [-0.1, -0.05) is 207 Å². The lowest BCUT2D eigenvalue weighted by molar-refractivity contribution is 0.355. The molecule has 5 unspecified atom stereocenters. The second-order valence-electron chi connectivity index (χ2n) is 22.3. The van der Waals surface area contributed by atoms with Crippen LogP contribution in [0.15, 0.2) is 283 Å². The summed E-state index contributed by atoms with van der Waals surface area (Å²) in [6.45, 7) is 8.64. The molecule has 12 rings (SSSR count). The van der Waals surface area contributed by atoms with E-state index in [4.69, 9.17) is 0 Å². The molecule has 2 heteroatoms. The van der Waals surface area contributed by atoms with E-state index < -0.39 is 0 Å². The van der Waals surface area contributed by atoms with E-state index >= 15 is 0 Å². The van der Waals surface area contributed by atoms with E-state index in [-0.39, 0.29) is 18.0 Å². The Balaban J connectivity index is 0.796. The lowest BCUT2D eigenvalue weighted by Crippen LogP contribution is -2.33. The molecule has 4 bridgehead atoms. The minimum Gasteiger partial charge on any atom is -0.338 e. The summed E-state index contributed by atoms with van der Waals surface area (Å²) in [5.74, 6) is 1.35. The van der Waals surface area contributed by atoms with Crippen LogP contribution < -0.4 is 0 Å². The predicted molar refractivity (Wildman–Crippen MR) is 334 cm³/mol. The van der Waals surface area contributed by atoms with Crippen LogP contribution in [0.2, 0.25) is 0 Å². The number of hydrogen-bond donors (Lipinski definition) is 0. The summed E-state index contributed by atoms with van der Waals surface area (Å²) < 4.78 is 0. The Morgan fingerprint density at radius 1 is 0.603 bits per heavy atom. The van der Waals surface area contributed by atoms with Gasteiger partial charge in [0.15, 0.2) is 0 Å². The van der Waals surface area contributed by atoms with Gasteiger partial charge in [0, 0.05) is 34.6 Å². The van der Waals surface area contributed by atoms with Gasteiger partial charge in [0.05, 0.1) is 12.1 Å². The molecule has 0 spiro atoms. The van der Waals surface area contributed by atoms with E-state index in [9.17, 15) is 0 Å². The van der Waals surface area contributed by atoms with Crippen LogP contribution in [0.1, 0.15) is 122 Å². The van der Waals surface area contributed by atoms with Crippen LogP contribution in [0.4, 0.5) is 0 Å². The molecule has 9 aliphatic rings. The fourth-order valence-electron chi connectivity index (χ4n) is 13.4. The van der Waals surface area contributed by atoms with E-state index in [2.05, 4.69) is 254 Å². The highest BCUT2D eigenvalue weighted by molar-refractivity contribution is 6.00. The Morgan fingerprint density at radius 2 is 1.40 bits per heavy atom. The minimum absolute atomic E-state index is 0.0616. The summed E-state index contributed by atoms with van der Waals surface area (Å²) in [5, 5.41) is 2.85. The lowest BCUT2D eigenvalue weighted by Gasteiger charge is -2.37. The standard InChI is InChI=1S/C76H74N2/c1-3-20-66(4-2)77(70-49-43-61(44-50-70)74-54-65-29-18-26-62-37-38-63-27-19-34-72(74)76(63)75(62)65)68-32-12-7-5-10-24-58(39-45-68)59-25-11-6-8-13-33-69(46-40-59)78(67-30-14-9-15-31-67)71-47-41-60(42-48-71)73-53-57-23-16-21-55(51-57)35-36-56-22-17-28-64(73)52-56/h3-8,10-14,16-19,22-25,27-34,37-38,41-43,47,49-55,61-62,66,71H,1-2,9,15,20-21,26,35-36,39-40,44-46,48H2/b10-5-,11-6-,12-7-,13-8-,58-24-,59-25+,68-32-,69-33-,73-53-. The molecule has 0 radical (unpaired) electrons. The third kappa shape index (κ3) is 11.0. The molecule has 3 aromatic rings. The van der Waals surface area contributed by atoms with Crippen LogP contribution in [0, 0.1) is 5.92 Å². The third-order valence-corrected chi connectivity index (χ3v) is 17.3. The van der Waals surface area contributed by atoms with Gasteiger partial charge in [0.25, 0.3) is 0 Å². The molecule has 388 valence electrons. The third-order valence-electron chi connectivity index (χ3n) is 17.3. The minimum atomic E-state index is 0.0616. The molecule has 3 aromatic carbocycles. The van der Waals surface area contributed by atoms with E-state index in [1.54, 1.807) is 0 Å². The lowest BCUT2D eigenvalue weighted by atomic mass is 9.75. The number of hydrogen-bond acceptors (Lipinski definition) is 2. The summed E-state index contributed by atoms with van der Waals surface area (Å²) in [5.41, 5.74) is 20.3. The second-order valence-corrected chi connectivity index (χ2v) is 22.3. The topological polar surface area (TPSA) is 6.48 Å². The Kier molecular flexibility index (Phi) is 15.5. The van der Waals surface area contributed by atoms with Crippen molar-refractivity contribution in [3.63, 3.8) is 0 Å². The van der Waals surface area contributed by atoms with Crippen molar-refractivity contribution in [2.75, 3.05) is 0 Å². The average Bonchev–Trinajstić information content (AvgIpc) is 3.57. The molecular formula is C76H74N2. The number of fused-ring (bicyclic) bond motifs is 3. The van der Waals surface area contributed by atoms with E-state index in [1.165, 1.54) is 101 Å². The molecular weight excluding hydrogens is 941 g/mol. The molecule has 5 atom stereocenters. The molecule has 0 aromatic heterocycles. The predicted octanol–water partition coefficient (Wildman–Crippen LogP) is 19.5. The van der Waals surface area contributed by atoms with Gasteiger partial charge in [-0.15, -0.1) is 13.2 Å². The highest BCUT2D eigenvalue weighted by Gasteiger charge is 2.29. The van der Waals surface area contributed by atoms with E-state index in [0.29, 0.717) is 11.8 Å². The highest BCUT2D eigenvalue weighted by Crippen LogP contribution is 2.46. The highest BCUT2D eigenvalue weighted by atomic mass is 15.2. The van der Waals surface area contributed by atoms with Crippen molar-refractivity contribution in [3.8, 4) is 0 Å². The Hall–Kier alpha value is -7.94. The first-order chi connectivity index (χ1) is 38.6. The van der Waals surface area contributed by atoms with Crippen molar-refractivity contribution < 1.29 is 0 Å². The van der Waals surface area contributed by atoms with Gasteiger partial charge < -0.3 is 9.80 Å². The first-order valence-corrected chi connectivity index (χ1v) is 29.1. The van der Waals surface area contributed by atoms with Gasteiger partial charge in [-0.25, -0.2) is 0 Å². The van der Waals surface area contributed by atoms with Gasteiger partial charge in [0.1, 0.15) is 0 Å². The molecule has 0 aliphatic heterocycles. The van der Waals surface area contributed by atoms with Crippen molar-refractivity contribution in [2.45, 2.75) is 107 Å². The molecule has 0 saturated heterocycles. The molecule has 0 heterocycles. The number of nitrogens with zero attached hydrogens (tertiary/aromatic N) is 2. The van der Waals surface area contributed by atoms with Gasteiger partial charge >= 0.3 is 0 Å². The van der Waals surface area contributed by atoms with Crippen LogP contribution in [-0.4, -0.2) is 21.9 Å². The number of rotatable bonds is 12. The SMILES string of the molecule is C=CCC(C=C)N(C1=CCC(c2cc3c4c5c(cccc25)C=CC4CC=C3)C=C1)\C1=C/C=C\C=C/C=C(\C2=C\C=C/C=C\C=C(/N(C3=CCCC=C3)C3C=CC(/C4=C/C5=CC(CC=C5)CCc5cccc4c5)=CC3)CC2)CC1. The molecule has 0 N–H and O–H groups in total. The van der Waals surface area contributed by atoms with Crippen molar-refractivity contribution in [1.29, 1.82) is 0 Å². The first-order valence-electron chi connectivity index (χ1n) is 29.1. The monoisotopic (exact) mass is 1010 g/mol. The van der Waals surface area contributed by atoms with E-state index in [1.807, 2.05) is 6.08 Å². The van der Waals surface area contributed by atoms with Crippen molar-refractivity contribution in [1.82, 2.24) is 9.80 Å². The molecule has 78 heavy (non-hydrogen) atoms. The smallest absolute Gasteiger partial charge is 0.0557 e. The van der Waals surface area contributed by atoms with Crippen LogP contribution >= 0.6 is 0 Å². The number of benzene rings is 3. The summed E-state index contributed by atoms with van der Waals surface area (Å²) in [6, 6.07) is 18.9. The number of aryl methyl sites for hydroxylation is 1. The Morgan fingerprint density at radius 3 is 2.17 bits per heavy atom. The van der Waals surface area contributed by atoms with Crippen LogP contribution in [0.3, 0.4) is 0 Å². The van der Waals surface area contributed by atoms with Crippen molar-refractivity contribution >= 4 is 28.5 Å². The summed E-state index contributed by atoms with van der Waals surface area (Å²) in [4.78, 5) is 5.20. The Bertz CT molecular complexity index is 3500. The second kappa shape index (κ2) is 23.7. The maximum Gasteiger partial charge on any atom is 0.0557 e. The number of allylic oxidation sites excluding steroid dienone is 32.